The first-order valence-corrected chi connectivity index (χ1v) is 2.76. The van der Waals surface area contributed by atoms with Crippen LogP contribution in [0.1, 0.15) is 0 Å². The minimum absolute atomic E-state index is 0.810. The summed E-state index contributed by atoms with van der Waals surface area (Å²) < 4.78 is 1.43. The topological polar surface area (TPSA) is 59.4 Å². The fourth-order valence-corrected chi connectivity index (χ4v) is 0.697. The van der Waals surface area contributed by atoms with Crippen LogP contribution in [0.4, 0.5) is 0 Å². The van der Waals surface area contributed by atoms with Gasteiger partial charge in [-0.1, -0.05) is 0 Å². The Morgan fingerprint density at radius 2 is 2.60 bits per heavy atom. The van der Waals surface area contributed by atoms with Gasteiger partial charge in [0.15, 0.2) is 0 Å². The van der Waals surface area contributed by atoms with Gasteiger partial charge >= 0.3 is 0 Å². The van der Waals surface area contributed by atoms with Gasteiger partial charge in [-0.05, 0) is 22.6 Å². The Morgan fingerprint density at radius 1 is 1.60 bits per heavy atom. The van der Waals surface area contributed by atoms with E-state index in [9.17, 15) is 0 Å². The van der Waals surface area contributed by atoms with Gasteiger partial charge in [-0.15, -0.1) is 5.10 Å². The SMILES string of the molecule is [c]1nnnn1-c1ccc[nH]1. The number of aromatic nitrogens is 5. The first-order chi connectivity index (χ1) is 4.97. The number of aromatic amines is 1. The second kappa shape index (κ2) is 1.94. The van der Waals surface area contributed by atoms with Crippen LogP contribution in [0.25, 0.3) is 5.82 Å². The van der Waals surface area contributed by atoms with Crippen LogP contribution in [0.3, 0.4) is 0 Å². The van der Waals surface area contributed by atoms with Crippen molar-refractivity contribution in [2.75, 3.05) is 0 Å². The Kier molecular flexibility index (Phi) is 1.00. The smallest absolute Gasteiger partial charge is 0.228 e. The standard InChI is InChI=1S/C5H4N5/c1-2-5(6-3-1)10-4-7-8-9-10/h1-3,6H. The number of H-pyrrole nitrogens is 1. The fourth-order valence-electron chi connectivity index (χ4n) is 0.697. The number of nitrogens with one attached hydrogen (secondary N) is 1. The molecule has 5 heteroatoms. The second-order valence-corrected chi connectivity index (χ2v) is 1.75. The summed E-state index contributed by atoms with van der Waals surface area (Å²) in [6.07, 6.45) is 4.35. The number of hydrogen-bond donors (Lipinski definition) is 1. The average molecular weight is 134 g/mol. The highest BCUT2D eigenvalue weighted by Crippen LogP contribution is 1.96. The van der Waals surface area contributed by atoms with Crippen LogP contribution < -0.4 is 0 Å². The lowest BCUT2D eigenvalue weighted by Gasteiger charge is -1.88. The van der Waals surface area contributed by atoms with Crippen molar-refractivity contribution in [3.8, 4) is 5.82 Å². The molecule has 0 saturated carbocycles. The van der Waals surface area contributed by atoms with Gasteiger partial charge < -0.3 is 4.98 Å². The maximum atomic E-state index is 3.63. The van der Waals surface area contributed by atoms with Gasteiger partial charge in [-0.2, -0.15) is 4.68 Å². The van der Waals surface area contributed by atoms with Gasteiger partial charge in [0.25, 0.3) is 0 Å². The Hall–Kier alpha value is -1.65. The van der Waals surface area contributed by atoms with E-state index in [4.69, 9.17) is 0 Å². The lowest BCUT2D eigenvalue weighted by Crippen LogP contribution is -1.94. The molecule has 1 radical (unpaired) electrons. The van der Waals surface area contributed by atoms with Crippen molar-refractivity contribution in [3.63, 3.8) is 0 Å². The summed E-state index contributed by atoms with van der Waals surface area (Å²) in [6.45, 7) is 0. The highest BCUT2D eigenvalue weighted by atomic mass is 15.5. The van der Waals surface area contributed by atoms with Crippen LogP contribution >= 0.6 is 0 Å². The van der Waals surface area contributed by atoms with Gasteiger partial charge in [0.05, 0.1) is 0 Å². The summed E-state index contributed by atoms with van der Waals surface area (Å²) in [5.41, 5.74) is 0. The summed E-state index contributed by atoms with van der Waals surface area (Å²) in [6, 6.07) is 3.72. The Morgan fingerprint density at radius 3 is 3.20 bits per heavy atom. The molecule has 2 aromatic rings. The van der Waals surface area contributed by atoms with E-state index in [0.717, 1.165) is 5.82 Å². The van der Waals surface area contributed by atoms with Crippen molar-refractivity contribution in [1.82, 2.24) is 25.2 Å². The molecule has 49 valence electrons. The highest BCUT2D eigenvalue weighted by Gasteiger charge is 1.95. The molecule has 2 aromatic heterocycles. The van der Waals surface area contributed by atoms with Crippen molar-refractivity contribution >= 4 is 0 Å². The van der Waals surface area contributed by atoms with E-state index < -0.39 is 0 Å². The van der Waals surface area contributed by atoms with Gasteiger partial charge in [-0.25, -0.2) is 0 Å². The second-order valence-electron chi connectivity index (χ2n) is 1.75. The van der Waals surface area contributed by atoms with Crippen LogP contribution in [0.2, 0.25) is 0 Å². The summed E-state index contributed by atoms with van der Waals surface area (Å²) in [5.74, 6) is 0.810. The zero-order chi connectivity index (χ0) is 6.81. The molecule has 0 spiro atoms. The minimum Gasteiger partial charge on any atom is -0.346 e. The first-order valence-electron chi connectivity index (χ1n) is 2.76. The van der Waals surface area contributed by atoms with Gasteiger partial charge in [0.1, 0.15) is 5.82 Å². The van der Waals surface area contributed by atoms with E-state index in [2.05, 4.69) is 26.8 Å². The summed E-state index contributed by atoms with van der Waals surface area (Å²) in [7, 11) is 0. The van der Waals surface area contributed by atoms with Crippen molar-refractivity contribution in [3.05, 3.63) is 24.7 Å². The molecule has 0 aliphatic carbocycles. The molecule has 0 aliphatic heterocycles. The summed E-state index contributed by atoms with van der Waals surface area (Å²) in [5, 5.41) is 10.4. The number of rotatable bonds is 1. The molecular weight excluding hydrogens is 130 g/mol. The minimum atomic E-state index is 0.810. The molecule has 0 saturated heterocycles. The van der Waals surface area contributed by atoms with E-state index in [1.54, 1.807) is 6.20 Å². The van der Waals surface area contributed by atoms with Crippen LogP contribution in [0.5, 0.6) is 0 Å². The third kappa shape index (κ3) is 0.680. The molecule has 5 nitrogen and oxygen atoms in total. The Labute approximate surface area is 56.7 Å². The van der Waals surface area contributed by atoms with E-state index in [-0.39, 0.29) is 0 Å². The quantitative estimate of drug-likeness (QED) is 0.587. The number of nitrogens with zero attached hydrogens (tertiary/aromatic N) is 4. The van der Waals surface area contributed by atoms with Crippen molar-refractivity contribution in [2.24, 2.45) is 0 Å². The molecule has 2 heterocycles. The molecule has 0 bridgehead atoms. The normalized spacial score (nSPS) is 10.0. The number of tetrazole rings is 1. The third-order valence-corrected chi connectivity index (χ3v) is 1.12. The number of hydrogen-bond acceptors (Lipinski definition) is 3. The molecular formula is C5H4N5. The van der Waals surface area contributed by atoms with E-state index in [1.165, 1.54) is 4.68 Å². The van der Waals surface area contributed by atoms with Crippen LogP contribution in [0.15, 0.2) is 18.3 Å². The molecule has 2 rings (SSSR count). The van der Waals surface area contributed by atoms with E-state index >= 15 is 0 Å². The maximum absolute atomic E-state index is 3.63. The molecule has 0 aliphatic rings. The molecule has 0 unspecified atom stereocenters. The molecule has 0 fully saturated rings. The van der Waals surface area contributed by atoms with Gasteiger partial charge in [-0.3, -0.25) is 0 Å². The average Bonchev–Trinajstić information content (AvgIpc) is 2.59. The summed E-state index contributed by atoms with van der Waals surface area (Å²) in [4.78, 5) is 2.93. The Bertz CT molecular complexity index is 249. The molecule has 1 N–H and O–H groups in total. The molecule has 0 amide bonds. The maximum Gasteiger partial charge on any atom is 0.228 e. The highest BCUT2D eigenvalue weighted by molar-refractivity contribution is 5.18. The van der Waals surface area contributed by atoms with Crippen LogP contribution in [0, 0.1) is 6.33 Å². The lowest BCUT2D eigenvalue weighted by atomic mass is 10.6. The molecule has 0 atom stereocenters. The molecule has 10 heavy (non-hydrogen) atoms. The van der Waals surface area contributed by atoms with E-state index in [0.29, 0.717) is 0 Å². The lowest BCUT2D eigenvalue weighted by molar-refractivity contribution is 0.773. The van der Waals surface area contributed by atoms with Gasteiger partial charge in [0, 0.05) is 6.20 Å². The predicted molar refractivity (Wildman–Crippen MR) is 32.3 cm³/mol. The van der Waals surface area contributed by atoms with Crippen molar-refractivity contribution < 1.29 is 0 Å². The zero-order valence-electron chi connectivity index (χ0n) is 5.02. The summed E-state index contributed by atoms with van der Waals surface area (Å²) >= 11 is 0. The van der Waals surface area contributed by atoms with Crippen LogP contribution in [-0.2, 0) is 0 Å². The third-order valence-electron chi connectivity index (χ3n) is 1.12. The first kappa shape index (κ1) is 5.16. The Balaban J connectivity index is 2.48. The van der Waals surface area contributed by atoms with E-state index in [1.807, 2.05) is 12.1 Å². The predicted octanol–water partition coefficient (Wildman–Crippen LogP) is -0.209. The zero-order valence-corrected chi connectivity index (χ0v) is 5.02. The monoisotopic (exact) mass is 134 g/mol. The van der Waals surface area contributed by atoms with Crippen molar-refractivity contribution in [2.45, 2.75) is 0 Å². The van der Waals surface area contributed by atoms with Crippen molar-refractivity contribution in [1.29, 1.82) is 0 Å². The molecule has 0 aromatic carbocycles. The largest absolute Gasteiger partial charge is 0.346 e. The van der Waals surface area contributed by atoms with Crippen LogP contribution in [-0.4, -0.2) is 25.2 Å². The fraction of sp³-hybridized carbons (Fsp3) is 0. The van der Waals surface area contributed by atoms with Gasteiger partial charge in [0.2, 0.25) is 6.33 Å².